The first-order chi connectivity index (χ1) is 11.6. The SMILES string of the molecule is Cc1ccc([C@H]2CCC[C@@H]2N(C)C(=O)c2cc(C3CC3)on2)cc1. The summed E-state index contributed by atoms with van der Waals surface area (Å²) in [5, 5.41) is 4.01. The molecule has 2 aliphatic rings. The van der Waals surface area contributed by atoms with Crippen LogP contribution in [0.15, 0.2) is 34.9 Å². The van der Waals surface area contributed by atoms with E-state index in [0.717, 1.165) is 37.9 Å². The Morgan fingerprint density at radius 2 is 1.92 bits per heavy atom. The van der Waals surface area contributed by atoms with Crippen LogP contribution in [0.25, 0.3) is 0 Å². The first-order valence-electron chi connectivity index (χ1n) is 8.94. The summed E-state index contributed by atoms with van der Waals surface area (Å²) in [4.78, 5) is 14.7. The molecule has 2 aliphatic carbocycles. The maximum Gasteiger partial charge on any atom is 0.276 e. The largest absolute Gasteiger partial charge is 0.360 e. The van der Waals surface area contributed by atoms with Crippen LogP contribution in [-0.4, -0.2) is 29.1 Å². The summed E-state index contributed by atoms with van der Waals surface area (Å²) in [6.07, 6.45) is 5.64. The molecule has 0 unspecified atom stereocenters. The fraction of sp³-hybridized carbons (Fsp3) is 0.500. The van der Waals surface area contributed by atoms with E-state index in [4.69, 9.17) is 4.52 Å². The summed E-state index contributed by atoms with van der Waals surface area (Å²) < 4.78 is 5.35. The lowest BCUT2D eigenvalue weighted by Crippen LogP contribution is -2.38. The van der Waals surface area contributed by atoms with Gasteiger partial charge < -0.3 is 9.42 Å². The van der Waals surface area contributed by atoms with E-state index in [1.54, 1.807) is 0 Å². The zero-order valence-electron chi connectivity index (χ0n) is 14.4. The lowest BCUT2D eigenvalue weighted by atomic mass is 9.92. The van der Waals surface area contributed by atoms with Crippen molar-refractivity contribution in [3.63, 3.8) is 0 Å². The zero-order valence-corrected chi connectivity index (χ0v) is 14.4. The summed E-state index contributed by atoms with van der Waals surface area (Å²) >= 11 is 0. The molecule has 0 spiro atoms. The number of hydrogen-bond donors (Lipinski definition) is 0. The van der Waals surface area contributed by atoms with Gasteiger partial charge >= 0.3 is 0 Å². The monoisotopic (exact) mass is 324 g/mol. The molecule has 1 heterocycles. The number of carbonyl (C=O) groups excluding carboxylic acids is 1. The number of benzene rings is 1. The second-order valence-electron chi connectivity index (χ2n) is 7.32. The van der Waals surface area contributed by atoms with E-state index in [1.165, 1.54) is 11.1 Å². The van der Waals surface area contributed by atoms with Crippen LogP contribution in [0.2, 0.25) is 0 Å². The van der Waals surface area contributed by atoms with E-state index in [2.05, 4.69) is 36.3 Å². The molecule has 0 bridgehead atoms. The molecule has 2 saturated carbocycles. The number of nitrogens with zero attached hydrogens (tertiary/aromatic N) is 2. The number of rotatable bonds is 4. The van der Waals surface area contributed by atoms with Crippen LogP contribution in [0.1, 0.15) is 71.3 Å². The van der Waals surface area contributed by atoms with Crippen molar-refractivity contribution in [3.8, 4) is 0 Å². The molecule has 4 heteroatoms. The van der Waals surface area contributed by atoms with Crippen LogP contribution in [0.4, 0.5) is 0 Å². The smallest absolute Gasteiger partial charge is 0.276 e. The number of hydrogen-bond acceptors (Lipinski definition) is 3. The molecule has 0 radical (unpaired) electrons. The number of aryl methyl sites for hydroxylation is 1. The number of carbonyl (C=O) groups is 1. The standard InChI is InChI=1S/C20H24N2O2/c1-13-6-8-14(9-7-13)16-4-3-5-18(16)22(2)20(23)17-12-19(24-21-17)15-10-11-15/h6-9,12,15-16,18H,3-5,10-11H2,1-2H3/t16-,18+/m1/s1. The third-order valence-corrected chi connectivity index (χ3v) is 5.53. The molecule has 2 atom stereocenters. The predicted molar refractivity (Wildman–Crippen MR) is 92.1 cm³/mol. The van der Waals surface area contributed by atoms with Crippen molar-refractivity contribution in [3.05, 3.63) is 52.9 Å². The molecule has 2 aromatic rings. The molecule has 4 nitrogen and oxygen atoms in total. The van der Waals surface area contributed by atoms with Crippen molar-refractivity contribution in [2.75, 3.05) is 7.05 Å². The van der Waals surface area contributed by atoms with Crippen molar-refractivity contribution in [1.29, 1.82) is 0 Å². The van der Waals surface area contributed by atoms with Gasteiger partial charge in [0.1, 0.15) is 5.76 Å². The Morgan fingerprint density at radius 3 is 2.62 bits per heavy atom. The fourth-order valence-electron chi connectivity index (χ4n) is 3.89. The third-order valence-electron chi connectivity index (χ3n) is 5.53. The summed E-state index contributed by atoms with van der Waals surface area (Å²) in [6, 6.07) is 10.8. The van der Waals surface area contributed by atoms with Crippen LogP contribution >= 0.6 is 0 Å². The average Bonchev–Trinajstić information content (AvgIpc) is 3.13. The van der Waals surface area contributed by atoms with Crippen LogP contribution in [0, 0.1) is 6.92 Å². The Bertz CT molecular complexity index is 730. The zero-order chi connectivity index (χ0) is 16.7. The lowest BCUT2D eigenvalue weighted by Gasteiger charge is -2.29. The highest BCUT2D eigenvalue weighted by atomic mass is 16.5. The van der Waals surface area contributed by atoms with Crippen molar-refractivity contribution < 1.29 is 9.32 Å². The Kier molecular flexibility index (Phi) is 3.91. The Morgan fingerprint density at radius 1 is 1.17 bits per heavy atom. The van der Waals surface area contributed by atoms with E-state index < -0.39 is 0 Å². The van der Waals surface area contributed by atoms with Crippen LogP contribution in [-0.2, 0) is 0 Å². The van der Waals surface area contributed by atoms with Crippen molar-refractivity contribution in [2.24, 2.45) is 0 Å². The number of amides is 1. The van der Waals surface area contributed by atoms with Gasteiger partial charge in [-0.05, 0) is 38.2 Å². The van der Waals surface area contributed by atoms with E-state index in [1.807, 2.05) is 18.0 Å². The summed E-state index contributed by atoms with van der Waals surface area (Å²) in [5.41, 5.74) is 3.06. The normalized spacial score (nSPS) is 23.4. The van der Waals surface area contributed by atoms with Crippen LogP contribution in [0.3, 0.4) is 0 Å². The van der Waals surface area contributed by atoms with Gasteiger partial charge in [0.2, 0.25) is 0 Å². The predicted octanol–water partition coefficient (Wildman–Crippen LogP) is 4.27. The molecular formula is C20H24N2O2. The maximum atomic E-state index is 12.8. The number of aromatic nitrogens is 1. The molecule has 1 amide bonds. The molecule has 0 aliphatic heterocycles. The van der Waals surface area contributed by atoms with Gasteiger partial charge in [0.05, 0.1) is 0 Å². The first-order valence-corrected chi connectivity index (χ1v) is 8.94. The summed E-state index contributed by atoms with van der Waals surface area (Å²) in [6.45, 7) is 2.10. The van der Waals surface area contributed by atoms with E-state index >= 15 is 0 Å². The molecule has 1 aromatic carbocycles. The maximum absolute atomic E-state index is 12.8. The Hall–Kier alpha value is -2.10. The van der Waals surface area contributed by atoms with Crippen molar-refractivity contribution in [2.45, 2.75) is 56.9 Å². The van der Waals surface area contributed by atoms with Crippen LogP contribution < -0.4 is 0 Å². The van der Waals surface area contributed by atoms with Gasteiger partial charge in [-0.25, -0.2) is 0 Å². The molecule has 0 N–H and O–H groups in total. The highest BCUT2D eigenvalue weighted by Gasteiger charge is 2.35. The second-order valence-corrected chi connectivity index (χ2v) is 7.32. The van der Waals surface area contributed by atoms with Gasteiger partial charge in [-0.1, -0.05) is 41.4 Å². The van der Waals surface area contributed by atoms with Gasteiger partial charge in [-0.2, -0.15) is 0 Å². The fourth-order valence-corrected chi connectivity index (χ4v) is 3.89. The molecule has 2 fully saturated rings. The topological polar surface area (TPSA) is 46.3 Å². The minimum absolute atomic E-state index is 0.0188. The third kappa shape index (κ3) is 2.85. The minimum Gasteiger partial charge on any atom is -0.360 e. The van der Waals surface area contributed by atoms with Gasteiger partial charge in [0.25, 0.3) is 5.91 Å². The summed E-state index contributed by atoms with van der Waals surface area (Å²) in [7, 11) is 1.91. The Balaban J connectivity index is 1.52. The average molecular weight is 324 g/mol. The molecule has 1 aromatic heterocycles. The molecule has 0 saturated heterocycles. The Labute approximate surface area is 142 Å². The number of likely N-dealkylation sites (N-methyl/N-ethyl adjacent to an activating group) is 1. The molecule has 4 rings (SSSR count). The van der Waals surface area contributed by atoms with E-state index in [-0.39, 0.29) is 11.9 Å². The van der Waals surface area contributed by atoms with E-state index in [0.29, 0.717) is 17.5 Å². The lowest BCUT2D eigenvalue weighted by molar-refractivity contribution is 0.0711. The first kappa shape index (κ1) is 15.4. The van der Waals surface area contributed by atoms with Gasteiger partial charge in [-0.3, -0.25) is 4.79 Å². The minimum atomic E-state index is -0.0188. The molecular weight excluding hydrogens is 300 g/mol. The van der Waals surface area contributed by atoms with Crippen molar-refractivity contribution >= 4 is 5.91 Å². The summed E-state index contributed by atoms with van der Waals surface area (Å²) in [5.74, 6) is 1.74. The molecule has 126 valence electrons. The quantitative estimate of drug-likeness (QED) is 0.844. The van der Waals surface area contributed by atoms with Gasteiger partial charge in [0.15, 0.2) is 5.69 Å². The van der Waals surface area contributed by atoms with Gasteiger partial charge in [-0.15, -0.1) is 0 Å². The van der Waals surface area contributed by atoms with E-state index in [9.17, 15) is 4.79 Å². The molecule has 24 heavy (non-hydrogen) atoms. The highest BCUT2D eigenvalue weighted by molar-refractivity contribution is 5.92. The van der Waals surface area contributed by atoms with Gasteiger partial charge in [0, 0.05) is 31.0 Å². The van der Waals surface area contributed by atoms with Crippen molar-refractivity contribution in [1.82, 2.24) is 10.1 Å². The second kappa shape index (κ2) is 6.08. The van der Waals surface area contributed by atoms with Crippen LogP contribution in [0.5, 0.6) is 0 Å². The highest BCUT2D eigenvalue weighted by Crippen LogP contribution is 2.41.